The van der Waals surface area contributed by atoms with Crippen LogP contribution in [0.25, 0.3) is 0 Å². The second-order valence-electron chi connectivity index (χ2n) is 7.89. The summed E-state index contributed by atoms with van der Waals surface area (Å²) in [5.74, 6) is 1.88. The number of aliphatic hydroxyl groups is 1. The number of rotatable bonds is 5. The lowest BCUT2D eigenvalue weighted by atomic mass is 9.78. The molecular formula is C23H31N3O2. The summed E-state index contributed by atoms with van der Waals surface area (Å²) in [7, 11) is 1.94. The van der Waals surface area contributed by atoms with Crippen molar-refractivity contribution in [2.24, 2.45) is 23.2 Å². The molecule has 3 rings (SSSR count). The molecule has 1 aromatic carbocycles. The van der Waals surface area contributed by atoms with E-state index in [1.165, 1.54) is 5.56 Å². The maximum Gasteiger partial charge on any atom is 0.198 e. The molecule has 5 nitrogen and oxygen atoms in total. The zero-order valence-electron chi connectivity index (χ0n) is 17.4. The molecule has 5 heteroatoms. The summed E-state index contributed by atoms with van der Waals surface area (Å²) in [6.45, 7) is 6.19. The largest absolute Gasteiger partial charge is 0.453 e. The van der Waals surface area contributed by atoms with E-state index in [1.807, 2.05) is 48.3 Å². The molecule has 0 spiro atoms. The van der Waals surface area contributed by atoms with Crippen LogP contribution in [-0.2, 0) is 7.05 Å². The Morgan fingerprint density at radius 3 is 2.61 bits per heavy atom. The van der Waals surface area contributed by atoms with E-state index < -0.39 is 5.60 Å². The van der Waals surface area contributed by atoms with E-state index in [1.54, 1.807) is 0 Å². The van der Waals surface area contributed by atoms with Crippen LogP contribution >= 0.6 is 0 Å². The molecule has 1 aliphatic carbocycles. The first kappa shape index (κ1) is 20.3. The molecule has 150 valence electrons. The summed E-state index contributed by atoms with van der Waals surface area (Å²) in [6.07, 6.45) is 8.25. The molecule has 2 aromatic rings. The lowest BCUT2D eigenvalue weighted by Gasteiger charge is -2.33. The van der Waals surface area contributed by atoms with E-state index in [0.29, 0.717) is 17.2 Å². The SMILES string of the molecule is CCC1(O)CCC(/C=N/N=c2/c(Oc3cccc(C)c3C)cccn2C)CC1. The average Bonchev–Trinajstić information content (AvgIpc) is 2.69. The standard InChI is InChI=1S/C23H31N3O2/c1-5-23(27)13-11-19(12-14-23)16-24-25-22-21(10-7-15-26(22)4)28-20-9-6-8-17(2)18(20)3/h6-10,15-16,19,27H,5,11-14H2,1-4H3/b24-16+,25-22-. The molecule has 1 N–H and O–H groups in total. The Morgan fingerprint density at radius 1 is 1.18 bits per heavy atom. The first-order valence-electron chi connectivity index (χ1n) is 10.1. The smallest absolute Gasteiger partial charge is 0.198 e. The molecule has 1 heterocycles. The number of aromatic nitrogens is 1. The van der Waals surface area contributed by atoms with Gasteiger partial charge in [0.15, 0.2) is 11.2 Å². The average molecular weight is 382 g/mol. The van der Waals surface area contributed by atoms with Crippen molar-refractivity contribution in [1.82, 2.24) is 4.57 Å². The number of pyridine rings is 1. The van der Waals surface area contributed by atoms with Crippen LogP contribution in [0.5, 0.6) is 11.5 Å². The number of hydrogen-bond donors (Lipinski definition) is 1. The lowest BCUT2D eigenvalue weighted by molar-refractivity contribution is -0.00502. The van der Waals surface area contributed by atoms with Crippen molar-refractivity contribution in [2.45, 2.75) is 58.5 Å². The Hall–Kier alpha value is -2.40. The van der Waals surface area contributed by atoms with Gasteiger partial charge in [0.05, 0.1) is 5.60 Å². The van der Waals surface area contributed by atoms with Crippen molar-refractivity contribution in [3.63, 3.8) is 0 Å². The summed E-state index contributed by atoms with van der Waals surface area (Å²) in [6, 6.07) is 9.90. The van der Waals surface area contributed by atoms with Crippen LogP contribution in [0.1, 0.15) is 50.2 Å². The normalized spacial score (nSPS) is 23.3. The van der Waals surface area contributed by atoms with Crippen LogP contribution in [-0.4, -0.2) is 21.5 Å². The van der Waals surface area contributed by atoms with Gasteiger partial charge >= 0.3 is 0 Å². The second kappa shape index (κ2) is 8.74. The van der Waals surface area contributed by atoms with Gasteiger partial charge in [-0.05, 0) is 81.2 Å². The van der Waals surface area contributed by atoms with Gasteiger partial charge in [-0.1, -0.05) is 19.1 Å². The summed E-state index contributed by atoms with van der Waals surface area (Å²) in [4.78, 5) is 0. The quantitative estimate of drug-likeness (QED) is 0.605. The van der Waals surface area contributed by atoms with E-state index in [0.717, 1.165) is 43.4 Å². The fraction of sp³-hybridized carbons (Fsp3) is 0.478. The number of benzene rings is 1. The lowest BCUT2D eigenvalue weighted by Crippen LogP contribution is -2.33. The van der Waals surface area contributed by atoms with Crippen LogP contribution in [0.4, 0.5) is 0 Å². The third-order valence-electron chi connectivity index (χ3n) is 5.94. The molecule has 0 aliphatic heterocycles. The number of aryl methyl sites for hydroxylation is 2. The Kier molecular flexibility index (Phi) is 6.35. The highest BCUT2D eigenvalue weighted by atomic mass is 16.5. The number of ether oxygens (including phenoxy) is 1. The van der Waals surface area contributed by atoms with E-state index >= 15 is 0 Å². The maximum atomic E-state index is 10.4. The molecule has 0 bridgehead atoms. The summed E-state index contributed by atoms with van der Waals surface area (Å²) < 4.78 is 8.08. The number of nitrogens with zero attached hydrogens (tertiary/aromatic N) is 3. The molecule has 0 unspecified atom stereocenters. The first-order chi connectivity index (χ1) is 13.4. The predicted molar refractivity (Wildman–Crippen MR) is 113 cm³/mol. The molecule has 1 fully saturated rings. The molecule has 1 aliphatic rings. The third-order valence-corrected chi connectivity index (χ3v) is 5.94. The molecule has 0 saturated heterocycles. The zero-order chi connectivity index (χ0) is 20.1. The van der Waals surface area contributed by atoms with Crippen LogP contribution < -0.4 is 10.2 Å². The molecule has 0 amide bonds. The van der Waals surface area contributed by atoms with Gasteiger partial charge in [0.2, 0.25) is 0 Å². The molecule has 1 saturated carbocycles. The topological polar surface area (TPSA) is 59.1 Å². The van der Waals surface area contributed by atoms with Crippen LogP contribution in [0.15, 0.2) is 46.7 Å². The van der Waals surface area contributed by atoms with Gasteiger partial charge in [-0.3, -0.25) is 0 Å². The van der Waals surface area contributed by atoms with E-state index in [2.05, 4.69) is 37.0 Å². The third kappa shape index (κ3) is 4.71. The zero-order valence-corrected chi connectivity index (χ0v) is 17.4. The van der Waals surface area contributed by atoms with Gasteiger partial charge in [0.1, 0.15) is 5.75 Å². The summed E-state index contributed by atoms with van der Waals surface area (Å²) in [5.41, 5.74) is 2.51. The van der Waals surface area contributed by atoms with Crippen LogP contribution in [0.3, 0.4) is 0 Å². The number of hydrogen-bond acceptors (Lipinski definition) is 4. The molecule has 0 radical (unpaired) electrons. The molecule has 28 heavy (non-hydrogen) atoms. The minimum Gasteiger partial charge on any atom is -0.453 e. The van der Waals surface area contributed by atoms with Crippen molar-refractivity contribution in [2.75, 3.05) is 0 Å². The molecule has 1 aromatic heterocycles. The Bertz CT molecular complexity index is 906. The highest BCUT2D eigenvalue weighted by Crippen LogP contribution is 2.33. The molecular weight excluding hydrogens is 350 g/mol. The molecule has 0 atom stereocenters. The van der Waals surface area contributed by atoms with Gasteiger partial charge in [-0.2, -0.15) is 5.10 Å². The van der Waals surface area contributed by atoms with Crippen LogP contribution in [0, 0.1) is 19.8 Å². The van der Waals surface area contributed by atoms with Crippen molar-refractivity contribution in [1.29, 1.82) is 0 Å². The van der Waals surface area contributed by atoms with Crippen molar-refractivity contribution in [3.8, 4) is 11.5 Å². The van der Waals surface area contributed by atoms with E-state index in [-0.39, 0.29) is 0 Å². The maximum absolute atomic E-state index is 10.4. The van der Waals surface area contributed by atoms with Gasteiger partial charge in [-0.25, -0.2) is 0 Å². The van der Waals surface area contributed by atoms with Gasteiger partial charge in [0, 0.05) is 19.5 Å². The second-order valence-corrected chi connectivity index (χ2v) is 7.89. The van der Waals surface area contributed by atoms with Gasteiger partial charge in [0.25, 0.3) is 0 Å². The van der Waals surface area contributed by atoms with E-state index in [4.69, 9.17) is 4.74 Å². The van der Waals surface area contributed by atoms with Gasteiger partial charge < -0.3 is 14.4 Å². The summed E-state index contributed by atoms with van der Waals surface area (Å²) in [5, 5.41) is 19.2. The minimum absolute atomic E-state index is 0.368. The Balaban J connectivity index is 1.79. The Labute approximate surface area is 167 Å². The highest BCUT2D eigenvalue weighted by molar-refractivity contribution is 5.60. The Morgan fingerprint density at radius 2 is 1.89 bits per heavy atom. The minimum atomic E-state index is -0.486. The van der Waals surface area contributed by atoms with Crippen molar-refractivity contribution in [3.05, 3.63) is 53.1 Å². The first-order valence-corrected chi connectivity index (χ1v) is 10.1. The van der Waals surface area contributed by atoms with Gasteiger partial charge in [-0.15, -0.1) is 5.10 Å². The predicted octanol–water partition coefficient (Wildman–Crippen LogP) is 4.65. The van der Waals surface area contributed by atoms with E-state index in [9.17, 15) is 5.11 Å². The summed E-state index contributed by atoms with van der Waals surface area (Å²) >= 11 is 0. The van der Waals surface area contributed by atoms with Crippen molar-refractivity contribution >= 4 is 6.21 Å². The monoisotopic (exact) mass is 381 g/mol. The fourth-order valence-corrected chi connectivity index (χ4v) is 3.59. The van der Waals surface area contributed by atoms with Crippen molar-refractivity contribution < 1.29 is 9.84 Å². The fourth-order valence-electron chi connectivity index (χ4n) is 3.59. The van der Waals surface area contributed by atoms with Crippen LogP contribution in [0.2, 0.25) is 0 Å². The highest BCUT2D eigenvalue weighted by Gasteiger charge is 2.30.